The van der Waals surface area contributed by atoms with Gasteiger partial charge in [-0.15, -0.1) is 0 Å². The maximum absolute atomic E-state index is 5.32. The zero-order valence-corrected chi connectivity index (χ0v) is 16.6. The summed E-state index contributed by atoms with van der Waals surface area (Å²) in [6.07, 6.45) is 7.59. The third kappa shape index (κ3) is 4.68. The van der Waals surface area contributed by atoms with Gasteiger partial charge >= 0.3 is 0 Å². The summed E-state index contributed by atoms with van der Waals surface area (Å²) >= 11 is 2.19. The van der Waals surface area contributed by atoms with Crippen LogP contribution in [0.15, 0.2) is 9.52 Å². The molecule has 1 saturated heterocycles. The molecule has 140 valence electrons. The molecule has 1 spiro atoms. The van der Waals surface area contributed by atoms with Gasteiger partial charge in [-0.25, -0.2) is 0 Å². The van der Waals surface area contributed by atoms with E-state index in [0.29, 0.717) is 16.6 Å². The van der Waals surface area contributed by atoms with E-state index in [1.807, 2.05) is 7.05 Å². The maximum atomic E-state index is 5.32. The van der Waals surface area contributed by atoms with E-state index in [1.54, 1.807) is 0 Å². The number of aliphatic imine (C=N–C) groups is 1. The van der Waals surface area contributed by atoms with Crippen molar-refractivity contribution >= 4 is 17.7 Å². The van der Waals surface area contributed by atoms with Crippen LogP contribution in [0, 0.1) is 0 Å². The topological polar surface area (TPSA) is 66.5 Å². The van der Waals surface area contributed by atoms with Gasteiger partial charge in [0.2, 0.25) is 5.89 Å². The second-order valence-electron chi connectivity index (χ2n) is 7.44. The molecule has 3 rings (SSSR count). The minimum Gasteiger partial charge on any atom is -0.356 e. The van der Waals surface area contributed by atoms with Crippen molar-refractivity contribution in [2.45, 2.75) is 63.0 Å². The number of guanidine groups is 1. The van der Waals surface area contributed by atoms with Crippen molar-refractivity contribution in [3.05, 3.63) is 11.7 Å². The highest BCUT2D eigenvalue weighted by Crippen LogP contribution is 2.42. The van der Waals surface area contributed by atoms with Crippen LogP contribution in [-0.4, -0.2) is 58.2 Å². The Morgan fingerprint density at radius 2 is 2.16 bits per heavy atom. The number of aromatic nitrogens is 2. The zero-order valence-electron chi connectivity index (χ0n) is 15.8. The van der Waals surface area contributed by atoms with Crippen LogP contribution in [0.3, 0.4) is 0 Å². The van der Waals surface area contributed by atoms with Gasteiger partial charge in [0.15, 0.2) is 11.8 Å². The largest absolute Gasteiger partial charge is 0.356 e. The van der Waals surface area contributed by atoms with E-state index in [0.717, 1.165) is 37.8 Å². The lowest BCUT2D eigenvalue weighted by molar-refractivity contribution is 0.293. The summed E-state index contributed by atoms with van der Waals surface area (Å²) in [7, 11) is 1.88. The number of hydrogen-bond donors (Lipinski definition) is 1. The van der Waals surface area contributed by atoms with Crippen LogP contribution >= 0.6 is 11.8 Å². The molecule has 0 bridgehead atoms. The molecular formula is C18H31N5OS. The summed E-state index contributed by atoms with van der Waals surface area (Å²) in [5, 5.41) is 7.51. The first-order chi connectivity index (χ1) is 12.1. The van der Waals surface area contributed by atoms with Gasteiger partial charge < -0.3 is 14.7 Å². The van der Waals surface area contributed by atoms with Crippen LogP contribution in [0.2, 0.25) is 0 Å². The van der Waals surface area contributed by atoms with Crippen LogP contribution < -0.4 is 5.32 Å². The predicted molar refractivity (Wildman–Crippen MR) is 103 cm³/mol. The molecule has 0 amide bonds. The van der Waals surface area contributed by atoms with E-state index in [1.165, 1.54) is 37.9 Å². The standard InChI is InChI=1S/C18H31N5OS/c1-14(2)16-21-15(24-22-16)7-10-20-17(19-3)23-11-12-25-18(13-23)8-5-4-6-9-18/h14H,4-13H2,1-3H3,(H,19,20). The maximum Gasteiger partial charge on any atom is 0.228 e. The lowest BCUT2D eigenvalue weighted by atomic mass is 9.87. The van der Waals surface area contributed by atoms with E-state index < -0.39 is 0 Å². The van der Waals surface area contributed by atoms with Gasteiger partial charge in [0.05, 0.1) is 0 Å². The molecule has 1 aromatic rings. The van der Waals surface area contributed by atoms with E-state index in [4.69, 9.17) is 4.52 Å². The average Bonchev–Trinajstić information content (AvgIpc) is 3.09. The molecule has 1 aliphatic carbocycles. The van der Waals surface area contributed by atoms with Crippen LogP contribution in [0.5, 0.6) is 0 Å². The van der Waals surface area contributed by atoms with Crippen molar-refractivity contribution in [3.63, 3.8) is 0 Å². The minimum absolute atomic E-state index is 0.302. The van der Waals surface area contributed by atoms with Crippen molar-refractivity contribution < 1.29 is 4.52 Å². The summed E-state index contributed by atoms with van der Waals surface area (Å²) < 4.78 is 5.77. The Bertz CT molecular complexity index is 574. The quantitative estimate of drug-likeness (QED) is 0.653. The molecule has 0 aromatic carbocycles. The molecule has 2 heterocycles. The molecule has 1 aliphatic heterocycles. The van der Waals surface area contributed by atoms with Gasteiger partial charge in [0.1, 0.15) is 0 Å². The highest BCUT2D eigenvalue weighted by atomic mass is 32.2. The molecule has 0 atom stereocenters. The highest BCUT2D eigenvalue weighted by molar-refractivity contribution is 8.00. The smallest absolute Gasteiger partial charge is 0.228 e. The number of thioether (sulfide) groups is 1. The Morgan fingerprint density at radius 3 is 2.84 bits per heavy atom. The van der Waals surface area contributed by atoms with Crippen LogP contribution in [-0.2, 0) is 6.42 Å². The van der Waals surface area contributed by atoms with Gasteiger partial charge in [0, 0.05) is 49.5 Å². The fraction of sp³-hybridized carbons (Fsp3) is 0.833. The number of nitrogens with one attached hydrogen (secondary N) is 1. The van der Waals surface area contributed by atoms with Gasteiger partial charge in [-0.2, -0.15) is 16.7 Å². The second-order valence-corrected chi connectivity index (χ2v) is 9.00. The SMILES string of the molecule is CN=C(NCCc1nc(C(C)C)no1)N1CCSC2(CCCCC2)C1. The molecule has 1 aromatic heterocycles. The summed E-state index contributed by atoms with van der Waals surface area (Å²) in [5.41, 5.74) is 0. The lowest BCUT2D eigenvalue weighted by Gasteiger charge is -2.45. The number of nitrogens with zero attached hydrogens (tertiary/aromatic N) is 4. The van der Waals surface area contributed by atoms with Crippen LogP contribution in [0.1, 0.15) is 63.6 Å². The van der Waals surface area contributed by atoms with Crippen molar-refractivity contribution in [3.8, 4) is 0 Å². The first kappa shape index (κ1) is 18.5. The van der Waals surface area contributed by atoms with E-state index in [2.05, 4.69) is 51.0 Å². The molecule has 2 fully saturated rings. The van der Waals surface area contributed by atoms with Crippen molar-refractivity contribution in [1.29, 1.82) is 0 Å². The van der Waals surface area contributed by atoms with Gasteiger partial charge in [-0.1, -0.05) is 38.3 Å². The molecule has 1 saturated carbocycles. The third-order valence-electron chi connectivity index (χ3n) is 5.15. The third-order valence-corrected chi connectivity index (χ3v) is 6.68. The van der Waals surface area contributed by atoms with E-state index >= 15 is 0 Å². The summed E-state index contributed by atoms with van der Waals surface area (Å²) in [4.78, 5) is 11.4. The summed E-state index contributed by atoms with van der Waals surface area (Å²) in [6, 6.07) is 0. The Hall–Kier alpha value is -1.24. The molecule has 7 heteroatoms. The molecule has 0 unspecified atom stereocenters. The Labute approximate surface area is 155 Å². The fourth-order valence-electron chi connectivity index (χ4n) is 3.74. The first-order valence-corrected chi connectivity index (χ1v) is 10.5. The Balaban J connectivity index is 1.51. The van der Waals surface area contributed by atoms with Crippen LogP contribution in [0.25, 0.3) is 0 Å². The van der Waals surface area contributed by atoms with E-state index in [9.17, 15) is 0 Å². The van der Waals surface area contributed by atoms with Crippen molar-refractivity contribution in [2.75, 3.05) is 32.4 Å². The normalized spacial score (nSPS) is 21.1. The van der Waals surface area contributed by atoms with Gasteiger partial charge in [-0.05, 0) is 12.8 Å². The molecule has 6 nitrogen and oxygen atoms in total. The monoisotopic (exact) mass is 365 g/mol. The van der Waals surface area contributed by atoms with Gasteiger partial charge in [-0.3, -0.25) is 4.99 Å². The number of rotatable bonds is 4. The predicted octanol–water partition coefficient (Wildman–Crippen LogP) is 3.06. The van der Waals surface area contributed by atoms with Gasteiger partial charge in [0.25, 0.3) is 0 Å². The summed E-state index contributed by atoms with van der Waals surface area (Å²) in [5.74, 6) is 3.99. The summed E-state index contributed by atoms with van der Waals surface area (Å²) in [6.45, 7) is 7.11. The van der Waals surface area contributed by atoms with E-state index in [-0.39, 0.29) is 0 Å². The highest BCUT2D eigenvalue weighted by Gasteiger charge is 2.38. The first-order valence-electron chi connectivity index (χ1n) is 9.54. The van der Waals surface area contributed by atoms with Crippen LogP contribution in [0.4, 0.5) is 0 Å². The minimum atomic E-state index is 0.302. The molecular weight excluding hydrogens is 334 g/mol. The Kier molecular flexibility index (Phi) is 6.25. The molecule has 0 radical (unpaired) electrons. The van der Waals surface area contributed by atoms with Crippen molar-refractivity contribution in [2.24, 2.45) is 4.99 Å². The zero-order chi connectivity index (χ0) is 17.7. The molecule has 2 aliphatic rings. The molecule has 25 heavy (non-hydrogen) atoms. The van der Waals surface area contributed by atoms with Crippen molar-refractivity contribution in [1.82, 2.24) is 20.4 Å². The molecule has 1 N–H and O–H groups in total. The second kappa shape index (κ2) is 8.43. The Morgan fingerprint density at radius 1 is 1.36 bits per heavy atom. The lowest BCUT2D eigenvalue weighted by Crippen LogP contribution is -2.53. The average molecular weight is 366 g/mol. The fourth-order valence-corrected chi connectivity index (χ4v) is 5.31. The number of hydrogen-bond acceptors (Lipinski definition) is 5.